The summed E-state index contributed by atoms with van der Waals surface area (Å²) >= 11 is 0. The van der Waals surface area contributed by atoms with Crippen molar-refractivity contribution in [1.82, 2.24) is 19.9 Å². The number of furan rings is 4. The Morgan fingerprint density at radius 1 is 0.445 bits per heavy atom. The standard InChI is InChI=1S/C25H27N2O.C25H29N2O.2C24H27N2O/c1-4-17-13-14-27(3)22(15-17)23-16(2)9-10-19-20-11-12-21(18-7-5-6-8-18)26-25(20)28-24(19)23;1-7-17-12-13-27(6)21(14-17)22-16(2)8-10-19-20-11-9-18(15-25(3,4)5)26-24(20)28-23(19)22;1-7-16-12-13-26(6)19(14-16)21-15(2)8-9-17-18-10-11-20(24(3,4)5)25-23(18)27-22(17)21;1-6-17-11-12-26(5)21(14-17)22-16(4)7-9-19-20-10-8-18(13-15(2)3)25-24(20)27-23(19)22/h9-15,18H,4-8H2,1-3H3;8-14H,7,15H2,1-6H3;8-14H,7H2,1-6H3;7-12,14-15H,6,13H2,1-5H3/q4*+1/i7D2,18D;3D3,4D3;;2D3,15D. The Labute approximate surface area is 667 Å². The third kappa shape index (κ3) is 15.2. The van der Waals surface area contributed by atoms with Crippen molar-refractivity contribution >= 4 is 88.3 Å². The van der Waals surface area contributed by atoms with E-state index in [0.29, 0.717) is 59.1 Å². The average Bonchev–Trinajstić information content (AvgIpc) is 1.64. The molecule has 12 heterocycles. The summed E-state index contributed by atoms with van der Waals surface area (Å²) in [6.45, 7) is 18.4. The van der Waals surface area contributed by atoms with Gasteiger partial charge in [-0.05, 0) is 183 Å². The quantitative estimate of drug-likeness (QED) is 0.111. The fraction of sp³-hybridized carbons (Fsp3) is 0.347. The summed E-state index contributed by atoms with van der Waals surface area (Å²) in [7, 11) is 8.15. The number of fused-ring (bicyclic) bond motifs is 12. The minimum atomic E-state index is -2.67. The van der Waals surface area contributed by atoms with Crippen LogP contribution < -0.4 is 18.3 Å². The molecule has 1 saturated carbocycles. The lowest BCUT2D eigenvalue weighted by Gasteiger charge is -2.16. The fourth-order valence-electron chi connectivity index (χ4n) is 15.2. The van der Waals surface area contributed by atoms with E-state index in [1.54, 1.807) is 12.1 Å². The predicted octanol–water partition coefficient (Wildman–Crippen LogP) is 23.1. The van der Waals surface area contributed by atoms with E-state index in [4.69, 9.17) is 40.5 Å². The molecule has 2 atom stereocenters. The fourth-order valence-corrected chi connectivity index (χ4v) is 15.2. The molecule has 0 saturated heterocycles. The smallest absolute Gasteiger partial charge is 0.227 e. The number of nitrogens with zero attached hydrogens (tertiary/aromatic N) is 8. The van der Waals surface area contributed by atoms with Gasteiger partial charge in [0.05, 0.1) is 22.3 Å². The minimum Gasteiger partial charge on any atom is -0.437 e. The van der Waals surface area contributed by atoms with Crippen molar-refractivity contribution in [3.05, 3.63) is 238 Å². The van der Waals surface area contributed by atoms with E-state index >= 15 is 0 Å². The van der Waals surface area contributed by atoms with Gasteiger partial charge in [-0.2, -0.15) is 0 Å². The Kier molecular flexibility index (Phi) is 17.2. The van der Waals surface area contributed by atoms with Gasteiger partial charge in [-0.25, -0.2) is 38.2 Å². The van der Waals surface area contributed by atoms with Gasteiger partial charge in [0.25, 0.3) is 0 Å². The van der Waals surface area contributed by atoms with Gasteiger partial charge in [-0.1, -0.05) is 144 Å². The second-order valence-electron chi connectivity index (χ2n) is 31.1. The lowest BCUT2D eigenvalue weighted by atomic mass is 9.90. The zero-order valence-corrected chi connectivity index (χ0v) is 66.7. The van der Waals surface area contributed by atoms with Crippen LogP contribution in [0, 0.1) is 39.0 Å². The first-order valence-corrected chi connectivity index (χ1v) is 38.6. The molecule has 1 fully saturated rings. The molecule has 110 heavy (non-hydrogen) atoms. The van der Waals surface area contributed by atoms with E-state index < -0.39 is 44.1 Å². The maximum absolute atomic E-state index is 8.84. The van der Waals surface area contributed by atoms with Crippen LogP contribution in [0.1, 0.15) is 200 Å². The van der Waals surface area contributed by atoms with Crippen molar-refractivity contribution in [3.8, 4) is 45.0 Å². The van der Waals surface area contributed by atoms with Gasteiger partial charge in [0.15, 0.2) is 47.1 Å². The number of aromatic nitrogens is 8. The largest absolute Gasteiger partial charge is 0.437 e. The number of benzene rings is 4. The lowest BCUT2D eigenvalue weighted by molar-refractivity contribution is -0.660. The van der Waals surface area contributed by atoms with Gasteiger partial charge < -0.3 is 17.7 Å². The summed E-state index contributed by atoms with van der Waals surface area (Å²) in [6.07, 6.45) is 11.9. The first kappa shape index (κ1) is 61.1. The van der Waals surface area contributed by atoms with E-state index in [2.05, 4.69) is 225 Å². The van der Waals surface area contributed by atoms with E-state index in [1.165, 1.54) is 47.4 Å². The maximum Gasteiger partial charge on any atom is 0.227 e. The van der Waals surface area contributed by atoms with Gasteiger partial charge in [0.2, 0.25) is 45.6 Å². The van der Waals surface area contributed by atoms with Crippen LogP contribution in [0.15, 0.2) is 188 Å². The highest BCUT2D eigenvalue weighted by Crippen LogP contribution is 2.43. The third-order valence-corrected chi connectivity index (χ3v) is 21.5. The van der Waals surface area contributed by atoms with E-state index in [1.807, 2.05) is 70.7 Å². The Balaban J connectivity index is 0.000000134. The molecule has 0 bridgehead atoms. The molecule has 1 aliphatic carbocycles. The van der Waals surface area contributed by atoms with Crippen molar-refractivity contribution in [2.45, 2.75) is 186 Å². The minimum absolute atomic E-state index is 0.00614. The molecule has 0 spiro atoms. The second kappa shape index (κ2) is 31.0. The summed E-state index contributed by atoms with van der Waals surface area (Å²) in [6, 6.07) is 49.3. The zero-order valence-electron chi connectivity index (χ0n) is 79.7. The summed E-state index contributed by atoms with van der Waals surface area (Å²) < 4.78 is 137. The summed E-state index contributed by atoms with van der Waals surface area (Å²) in [5, 5.41) is 7.66. The molecular weight excluding hydrogens is 1350 g/mol. The van der Waals surface area contributed by atoms with Gasteiger partial charge in [-0.15, -0.1) is 0 Å². The zero-order chi connectivity index (χ0) is 88.9. The van der Waals surface area contributed by atoms with Crippen molar-refractivity contribution < 1.29 is 53.8 Å². The second-order valence-corrected chi connectivity index (χ2v) is 31.1. The molecule has 0 amide bonds. The number of hydrogen-bond donors (Lipinski definition) is 0. The summed E-state index contributed by atoms with van der Waals surface area (Å²) in [5.74, 6) is -2.95. The molecule has 0 aliphatic heterocycles. The van der Waals surface area contributed by atoms with Crippen LogP contribution in [-0.4, -0.2) is 19.9 Å². The van der Waals surface area contributed by atoms with Crippen LogP contribution >= 0.6 is 0 Å². The van der Waals surface area contributed by atoms with Crippen LogP contribution in [-0.2, 0) is 72.1 Å². The van der Waals surface area contributed by atoms with Crippen molar-refractivity contribution in [2.75, 3.05) is 0 Å². The number of aryl methyl sites for hydroxylation is 12. The molecule has 0 N–H and O–H groups in total. The van der Waals surface area contributed by atoms with Crippen LogP contribution in [0.2, 0.25) is 0 Å². The van der Waals surface area contributed by atoms with Crippen LogP contribution in [0.4, 0.5) is 0 Å². The summed E-state index contributed by atoms with van der Waals surface area (Å²) in [4.78, 5) is 18.7. The van der Waals surface area contributed by atoms with Crippen LogP contribution in [0.25, 0.3) is 133 Å². The normalized spacial score (nSPS) is 17.1. The molecule has 16 aromatic rings. The van der Waals surface area contributed by atoms with Gasteiger partial charge in [0, 0.05) is 144 Å². The number of rotatable bonds is 12. The Bertz CT molecular complexity index is 6770. The Hall–Kier alpha value is -10.7. The van der Waals surface area contributed by atoms with Gasteiger partial charge >= 0.3 is 0 Å². The summed E-state index contributed by atoms with van der Waals surface area (Å²) in [5.41, 5.74) is 23.8. The van der Waals surface area contributed by atoms with Crippen molar-refractivity contribution in [1.29, 1.82) is 0 Å². The highest BCUT2D eigenvalue weighted by molar-refractivity contribution is 6.12. The van der Waals surface area contributed by atoms with E-state index in [0.717, 1.165) is 153 Å². The predicted molar refractivity (Wildman–Crippen MR) is 451 cm³/mol. The van der Waals surface area contributed by atoms with Crippen molar-refractivity contribution in [3.63, 3.8) is 0 Å². The molecule has 12 nitrogen and oxygen atoms in total. The van der Waals surface area contributed by atoms with Gasteiger partial charge in [0.1, 0.15) is 28.2 Å². The third-order valence-electron chi connectivity index (χ3n) is 21.5. The molecule has 1 aliphatic rings. The molecule has 17 rings (SSSR count). The topological polar surface area (TPSA) is 120 Å². The Morgan fingerprint density at radius 2 is 0.791 bits per heavy atom. The monoisotopic (exact) mass is 1480 g/mol. The highest BCUT2D eigenvalue weighted by atomic mass is 16.4. The molecule has 4 aromatic carbocycles. The average molecular weight is 1480 g/mol. The van der Waals surface area contributed by atoms with E-state index in [-0.39, 0.29) is 18.3 Å². The highest BCUT2D eigenvalue weighted by Gasteiger charge is 2.29. The van der Waals surface area contributed by atoms with Crippen LogP contribution in [0.3, 0.4) is 0 Å². The molecular formula is C98H110N8O4+4. The number of hydrogen-bond acceptors (Lipinski definition) is 8. The first-order chi connectivity index (χ1) is 57.8. The Morgan fingerprint density at radius 3 is 1.15 bits per heavy atom. The molecule has 0 radical (unpaired) electrons. The molecule has 2 unspecified atom stereocenters. The van der Waals surface area contributed by atoms with Crippen molar-refractivity contribution in [2.24, 2.45) is 39.5 Å². The van der Waals surface area contributed by atoms with E-state index in [9.17, 15) is 0 Å². The van der Waals surface area contributed by atoms with Gasteiger partial charge in [-0.3, -0.25) is 0 Å². The lowest BCUT2D eigenvalue weighted by Crippen LogP contribution is -2.30. The molecule has 562 valence electrons. The molecule has 12 heteroatoms. The first-order valence-electron chi connectivity index (χ1n) is 45.1. The number of pyridine rings is 8. The molecule has 12 aromatic heterocycles. The SMILES string of the molecule is CCc1cc[n+](C)c(-c2c(C)ccc3c2oc2nc(C(C)(C)C)ccc23)c1.[2H]C([2H])([2H])C(C)(Cc1ccc2c(n1)oc1c(-c3cc(CC)cc[n+]3C)c(C)ccc12)C([2H])([2H])[2H].[2H]C([2H])([2H])C([2H])(C)Cc1ccc2c(n1)oc1c(-c3cc(CC)cc[n+]3C)c(C)ccc12.[2H]C1([2H])CCCC1([2H])c1ccc2c(n1)oc1c(-c3cc(CC)cc[n+]3C)c(C)ccc12. The maximum atomic E-state index is 8.84. The van der Waals surface area contributed by atoms with Crippen LogP contribution in [0.5, 0.6) is 0 Å².